The highest BCUT2D eigenvalue weighted by atomic mass is 79.9. The van der Waals surface area contributed by atoms with Gasteiger partial charge in [0.25, 0.3) is 5.69 Å². The van der Waals surface area contributed by atoms with Gasteiger partial charge in [0, 0.05) is 37.8 Å². The summed E-state index contributed by atoms with van der Waals surface area (Å²) in [6.45, 7) is 0. The predicted molar refractivity (Wildman–Crippen MR) is 159 cm³/mol. The van der Waals surface area contributed by atoms with E-state index >= 15 is 0 Å². The molecule has 0 radical (unpaired) electrons. The van der Waals surface area contributed by atoms with Crippen molar-refractivity contribution in [2.24, 2.45) is 4.99 Å². The number of nitrogens with zero attached hydrogens (tertiary/aromatic N) is 2. The van der Waals surface area contributed by atoms with Crippen molar-refractivity contribution in [1.82, 2.24) is 0 Å². The van der Waals surface area contributed by atoms with Gasteiger partial charge in [-0.2, -0.15) is 0 Å². The van der Waals surface area contributed by atoms with Crippen LogP contribution in [0.4, 0.5) is 5.69 Å². The molecule has 0 atom stereocenters. The first-order chi connectivity index (χ1) is 20.1. The summed E-state index contributed by atoms with van der Waals surface area (Å²) in [5.41, 5.74) is 0.563. The number of nitro groups is 1. The van der Waals surface area contributed by atoms with Gasteiger partial charge in [0.2, 0.25) is 11.6 Å². The maximum absolute atomic E-state index is 13.2. The van der Waals surface area contributed by atoms with E-state index in [1.54, 1.807) is 24.3 Å². The molecule has 0 N–H and O–H groups in total. The minimum atomic E-state index is -0.776. The second kappa shape index (κ2) is 11.8. The number of carbonyl (C=O) groups excluding carboxylic acids is 2. The van der Waals surface area contributed by atoms with Crippen molar-refractivity contribution in [3.05, 3.63) is 89.8 Å². The summed E-state index contributed by atoms with van der Waals surface area (Å²) >= 11 is 10.8. The summed E-state index contributed by atoms with van der Waals surface area (Å²) in [4.78, 5) is 41.0. The van der Waals surface area contributed by atoms with Gasteiger partial charge >= 0.3 is 11.9 Å². The van der Waals surface area contributed by atoms with E-state index in [1.165, 1.54) is 51.7 Å². The third-order valence-electron chi connectivity index (χ3n) is 6.01. The summed E-state index contributed by atoms with van der Waals surface area (Å²) in [5.74, 6) is -0.337. The van der Waals surface area contributed by atoms with Crippen molar-refractivity contribution in [2.45, 2.75) is 0 Å². The number of aliphatic imine (C=N–C) groups is 1. The highest BCUT2D eigenvalue weighted by molar-refractivity contribution is 9.10. The Morgan fingerprint density at radius 1 is 1.05 bits per heavy atom. The van der Waals surface area contributed by atoms with Crippen LogP contribution in [0.3, 0.4) is 0 Å². The van der Waals surface area contributed by atoms with E-state index in [0.29, 0.717) is 42.9 Å². The molecule has 2 heterocycles. The van der Waals surface area contributed by atoms with E-state index in [1.807, 2.05) is 0 Å². The van der Waals surface area contributed by atoms with Crippen LogP contribution in [0.25, 0.3) is 16.2 Å². The molecule has 0 saturated heterocycles. The number of ether oxygens (including phenoxy) is 5. The zero-order valence-electron chi connectivity index (χ0n) is 21.9. The van der Waals surface area contributed by atoms with Gasteiger partial charge in [0.15, 0.2) is 17.2 Å². The SMILES string of the molecule is COc1cc(C2=N/C(=C/c3cc(Br)ccc3OC(=O)c3sc4cc([N+](=O)[O-])ccc4c3Cl)C(=O)O2)cc(OC)c1OC. The number of thiophene rings is 1. The average molecular weight is 674 g/mol. The monoisotopic (exact) mass is 672 g/mol. The van der Waals surface area contributed by atoms with Gasteiger partial charge in [-0.3, -0.25) is 10.1 Å². The lowest BCUT2D eigenvalue weighted by atomic mass is 10.1. The van der Waals surface area contributed by atoms with Crippen molar-refractivity contribution in [1.29, 1.82) is 0 Å². The minimum absolute atomic E-state index is 0.00481. The topological polar surface area (TPSA) is 136 Å². The van der Waals surface area contributed by atoms with Gasteiger partial charge in [0.1, 0.15) is 10.6 Å². The second-order valence-corrected chi connectivity index (χ2v) is 10.9. The van der Waals surface area contributed by atoms with Crippen LogP contribution in [0.15, 0.2) is 63.7 Å². The molecule has 11 nitrogen and oxygen atoms in total. The number of esters is 2. The lowest BCUT2D eigenvalue weighted by Gasteiger charge is -2.13. The fraction of sp³-hybridized carbons (Fsp3) is 0.107. The number of fused-ring (bicyclic) bond motifs is 1. The van der Waals surface area contributed by atoms with Crippen LogP contribution in [0, 0.1) is 10.1 Å². The van der Waals surface area contributed by atoms with Crippen LogP contribution in [0.5, 0.6) is 23.0 Å². The van der Waals surface area contributed by atoms with E-state index in [-0.39, 0.29) is 32.9 Å². The molecule has 0 saturated carbocycles. The summed E-state index contributed by atoms with van der Waals surface area (Å²) < 4.78 is 28.2. The molecule has 0 bridgehead atoms. The van der Waals surface area contributed by atoms with Crippen molar-refractivity contribution in [3.8, 4) is 23.0 Å². The van der Waals surface area contributed by atoms with Gasteiger partial charge in [-0.05, 0) is 42.5 Å². The summed E-state index contributed by atoms with van der Waals surface area (Å²) in [7, 11) is 4.39. The van der Waals surface area contributed by atoms with E-state index in [0.717, 1.165) is 11.3 Å². The fourth-order valence-corrected chi connectivity index (χ4v) is 5.85. The zero-order valence-corrected chi connectivity index (χ0v) is 25.1. The summed E-state index contributed by atoms with van der Waals surface area (Å²) in [5, 5.41) is 11.7. The smallest absolute Gasteiger partial charge is 0.363 e. The minimum Gasteiger partial charge on any atom is -0.493 e. The van der Waals surface area contributed by atoms with E-state index in [9.17, 15) is 19.7 Å². The number of non-ortho nitro benzene ring substituents is 1. The van der Waals surface area contributed by atoms with Crippen molar-refractivity contribution in [2.75, 3.05) is 21.3 Å². The largest absolute Gasteiger partial charge is 0.493 e. The standard InChI is InChI=1S/C28H18BrClN2O9S/c1-37-20-10-14(11-21(38-2)24(20)39-3)26-31-18(27(33)41-26)9-13-8-15(29)4-7-19(13)40-28(34)25-23(30)17-6-5-16(32(35)36)12-22(17)42-25/h4-12H,1-3H3/b18-9+. The first-order valence-corrected chi connectivity index (χ1v) is 13.8. The Morgan fingerprint density at radius 3 is 2.40 bits per heavy atom. The Morgan fingerprint density at radius 2 is 1.76 bits per heavy atom. The zero-order chi connectivity index (χ0) is 30.1. The number of cyclic esters (lactones) is 1. The Kier molecular flexibility index (Phi) is 8.16. The van der Waals surface area contributed by atoms with Crippen molar-refractivity contribution in [3.63, 3.8) is 0 Å². The number of hydrogen-bond donors (Lipinski definition) is 0. The highest BCUT2D eigenvalue weighted by Crippen LogP contribution is 2.40. The summed E-state index contributed by atoms with van der Waals surface area (Å²) in [6, 6.07) is 12.1. The van der Waals surface area contributed by atoms with Crippen LogP contribution in [-0.2, 0) is 9.53 Å². The number of nitro benzene ring substituents is 1. The van der Waals surface area contributed by atoms with Crippen LogP contribution in [0.1, 0.15) is 20.8 Å². The highest BCUT2D eigenvalue weighted by Gasteiger charge is 2.28. The Bertz CT molecular complexity index is 1830. The molecule has 0 unspecified atom stereocenters. The van der Waals surface area contributed by atoms with Crippen LogP contribution < -0.4 is 18.9 Å². The lowest BCUT2D eigenvalue weighted by molar-refractivity contribution is -0.384. The van der Waals surface area contributed by atoms with E-state index < -0.39 is 16.9 Å². The quantitative estimate of drug-likeness (QED) is 0.0649. The molecule has 42 heavy (non-hydrogen) atoms. The number of benzene rings is 3. The molecule has 1 aromatic heterocycles. The van der Waals surface area contributed by atoms with Gasteiger partial charge < -0.3 is 23.7 Å². The molecule has 0 amide bonds. The number of hydrogen-bond acceptors (Lipinski definition) is 11. The van der Waals surface area contributed by atoms with Gasteiger partial charge in [-0.25, -0.2) is 14.6 Å². The normalized spacial score (nSPS) is 13.6. The third-order valence-corrected chi connectivity index (χ3v) is 8.14. The van der Waals surface area contributed by atoms with Gasteiger partial charge in [-0.15, -0.1) is 11.3 Å². The molecule has 214 valence electrons. The average Bonchev–Trinajstić information content (AvgIpc) is 3.52. The molecule has 5 rings (SSSR count). The number of halogens is 2. The molecular formula is C28H18BrClN2O9S. The van der Waals surface area contributed by atoms with Crippen LogP contribution in [0.2, 0.25) is 5.02 Å². The Hall–Kier alpha value is -4.46. The number of methoxy groups -OCH3 is 3. The molecule has 0 aliphatic carbocycles. The van der Waals surface area contributed by atoms with E-state index in [2.05, 4.69) is 20.9 Å². The van der Waals surface area contributed by atoms with Gasteiger partial charge in [0.05, 0.1) is 31.3 Å². The molecule has 0 fully saturated rings. The molecule has 1 aliphatic rings. The molecule has 14 heteroatoms. The Balaban J connectivity index is 1.48. The van der Waals surface area contributed by atoms with Crippen LogP contribution >= 0.6 is 38.9 Å². The summed E-state index contributed by atoms with van der Waals surface area (Å²) in [6.07, 6.45) is 1.41. The first kappa shape index (κ1) is 29.0. The Labute approximate surface area is 255 Å². The maximum atomic E-state index is 13.2. The molecule has 1 aliphatic heterocycles. The molecule has 4 aromatic rings. The third kappa shape index (κ3) is 5.53. The van der Waals surface area contributed by atoms with Crippen molar-refractivity contribution < 1.29 is 38.2 Å². The van der Waals surface area contributed by atoms with Gasteiger partial charge in [-0.1, -0.05) is 27.5 Å². The van der Waals surface area contributed by atoms with Crippen LogP contribution in [-0.4, -0.2) is 44.1 Å². The molecular weight excluding hydrogens is 656 g/mol. The maximum Gasteiger partial charge on any atom is 0.363 e. The lowest BCUT2D eigenvalue weighted by Crippen LogP contribution is -2.08. The first-order valence-electron chi connectivity index (χ1n) is 11.8. The fourth-order valence-electron chi connectivity index (χ4n) is 4.05. The second-order valence-electron chi connectivity index (χ2n) is 8.50. The van der Waals surface area contributed by atoms with E-state index in [4.69, 9.17) is 35.3 Å². The molecule has 0 spiro atoms. The molecule has 3 aromatic carbocycles. The number of carbonyl (C=O) groups is 2. The van der Waals surface area contributed by atoms with Crippen molar-refractivity contribution >= 4 is 78.6 Å². The number of rotatable bonds is 8. The predicted octanol–water partition coefficient (Wildman–Crippen LogP) is 6.81.